The number of hydrogen-bond acceptors (Lipinski definition) is 6. The van der Waals surface area contributed by atoms with E-state index in [-0.39, 0.29) is 12.4 Å². The number of carbonyl (C=O) groups is 2. The summed E-state index contributed by atoms with van der Waals surface area (Å²) in [5.74, 6) is 1.70. The Bertz CT molecular complexity index is 751. The molecule has 0 atom stereocenters. The molecule has 0 bridgehead atoms. The van der Waals surface area contributed by atoms with E-state index in [2.05, 4.69) is 0 Å². The molecule has 3 rings (SSSR count). The third-order valence-corrected chi connectivity index (χ3v) is 7.75. The van der Waals surface area contributed by atoms with Crippen molar-refractivity contribution < 1.29 is 14.3 Å². The monoisotopic (exact) mass is 404 g/mol. The van der Waals surface area contributed by atoms with E-state index < -0.39 is 5.97 Å². The van der Waals surface area contributed by atoms with E-state index in [4.69, 9.17) is 4.74 Å². The first-order valence-electron chi connectivity index (χ1n) is 8.35. The van der Waals surface area contributed by atoms with E-state index in [0.29, 0.717) is 15.7 Å². The number of esters is 1. The Morgan fingerprint density at radius 2 is 1.62 bits per heavy atom. The minimum absolute atomic E-state index is 0.197. The van der Waals surface area contributed by atoms with Crippen LogP contribution < -0.4 is 0 Å². The summed E-state index contributed by atoms with van der Waals surface area (Å²) in [7, 11) is 0. The van der Waals surface area contributed by atoms with E-state index >= 15 is 0 Å². The molecule has 1 heterocycles. The number of ether oxygens (including phenoxy) is 1. The van der Waals surface area contributed by atoms with Gasteiger partial charge >= 0.3 is 5.97 Å². The second-order valence-corrected chi connectivity index (χ2v) is 9.38. The first-order chi connectivity index (χ1) is 12.7. The molecule has 0 spiro atoms. The minimum atomic E-state index is -0.463. The molecule has 1 aliphatic heterocycles. The van der Waals surface area contributed by atoms with Gasteiger partial charge in [0.25, 0.3) is 0 Å². The van der Waals surface area contributed by atoms with Crippen molar-refractivity contribution in [1.29, 1.82) is 0 Å². The first-order valence-corrected chi connectivity index (χ1v) is 11.7. The van der Waals surface area contributed by atoms with Crippen LogP contribution in [0.2, 0.25) is 0 Å². The van der Waals surface area contributed by atoms with Crippen molar-refractivity contribution in [2.75, 3.05) is 24.4 Å². The molecule has 0 saturated carbocycles. The van der Waals surface area contributed by atoms with E-state index in [1.807, 2.05) is 54.0 Å². The predicted octanol–water partition coefficient (Wildman–Crippen LogP) is 5.32. The summed E-state index contributed by atoms with van der Waals surface area (Å²) in [5.41, 5.74) is 2.25. The van der Waals surface area contributed by atoms with Gasteiger partial charge in [0.05, 0.1) is 10.1 Å². The molecule has 3 nitrogen and oxygen atoms in total. The molecule has 0 radical (unpaired) electrons. The summed E-state index contributed by atoms with van der Waals surface area (Å²) in [6, 6.07) is 14.8. The third-order valence-electron chi connectivity index (χ3n) is 3.99. The van der Waals surface area contributed by atoms with Gasteiger partial charge in [-0.1, -0.05) is 24.3 Å². The number of rotatable bonds is 6. The summed E-state index contributed by atoms with van der Waals surface area (Å²) in [6.07, 6.45) is 3.24. The Labute approximate surface area is 166 Å². The Balaban J connectivity index is 1.54. The van der Waals surface area contributed by atoms with E-state index in [0.717, 1.165) is 4.90 Å². The number of benzene rings is 2. The molecule has 2 aromatic rings. The third kappa shape index (κ3) is 5.09. The molecule has 0 aromatic heterocycles. The van der Waals surface area contributed by atoms with Crippen LogP contribution >= 0.6 is 35.3 Å². The van der Waals surface area contributed by atoms with Gasteiger partial charge in [0.2, 0.25) is 0 Å². The van der Waals surface area contributed by atoms with Crippen LogP contribution in [-0.4, -0.2) is 36.1 Å². The highest BCUT2D eigenvalue weighted by Gasteiger charge is 2.17. The second kappa shape index (κ2) is 9.53. The first kappa shape index (κ1) is 19.4. The fourth-order valence-corrected chi connectivity index (χ4v) is 5.83. The number of carbonyl (C=O) groups excluding carboxylic acids is 2. The Morgan fingerprint density at radius 1 is 1.00 bits per heavy atom. The lowest BCUT2D eigenvalue weighted by atomic mass is 10.1. The van der Waals surface area contributed by atoms with Crippen molar-refractivity contribution in [3.8, 4) is 0 Å². The van der Waals surface area contributed by atoms with Crippen molar-refractivity contribution in [2.24, 2.45) is 0 Å². The maximum Gasteiger partial charge on any atom is 0.338 e. The van der Waals surface area contributed by atoms with Gasteiger partial charge in [-0.3, -0.25) is 4.79 Å². The number of Topliss-reactive ketones (excluding diaryl/α,β-unsaturated/α-hetero) is 1. The van der Waals surface area contributed by atoms with E-state index in [9.17, 15) is 9.59 Å². The fourth-order valence-electron chi connectivity index (χ4n) is 2.53. The molecular weight excluding hydrogens is 384 g/mol. The average Bonchev–Trinajstić information content (AvgIpc) is 2.72. The number of hydrogen-bond donors (Lipinski definition) is 0. The zero-order chi connectivity index (χ0) is 18.4. The molecule has 0 amide bonds. The maximum absolute atomic E-state index is 12.2. The highest BCUT2D eigenvalue weighted by molar-refractivity contribution is 8.16. The minimum Gasteiger partial charge on any atom is -0.454 e. The molecule has 0 N–H and O–H groups in total. The molecule has 26 heavy (non-hydrogen) atoms. The molecule has 1 saturated heterocycles. The zero-order valence-corrected chi connectivity index (χ0v) is 16.9. The highest BCUT2D eigenvalue weighted by atomic mass is 32.2. The van der Waals surface area contributed by atoms with Crippen LogP contribution in [0.4, 0.5) is 0 Å². The maximum atomic E-state index is 12.2. The lowest BCUT2D eigenvalue weighted by Gasteiger charge is -2.21. The molecule has 1 aliphatic rings. The highest BCUT2D eigenvalue weighted by Crippen LogP contribution is 2.43. The van der Waals surface area contributed by atoms with Gasteiger partial charge in [0, 0.05) is 10.5 Å². The second-order valence-electron chi connectivity index (χ2n) is 5.78. The summed E-state index contributed by atoms with van der Waals surface area (Å²) in [6.45, 7) is -0.243. The van der Waals surface area contributed by atoms with Gasteiger partial charge in [0.1, 0.15) is 0 Å². The van der Waals surface area contributed by atoms with Gasteiger partial charge in [-0.05, 0) is 54.0 Å². The molecule has 2 aromatic carbocycles. The van der Waals surface area contributed by atoms with Crippen molar-refractivity contribution in [3.05, 3.63) is 65.2 Å². The van der Waals surface area contributed by atoms with Gasteiger partial charge in [-0.15, -0.1) is 35.3 Å². The van der Waals surface area contributed by atoms with Crippen LogP contribution in [-0.2, 0) is 4.74 Å². The van der Waals surface area contributed by atoms with Crippen LogP contribution in [0.5, 0.6) is 0 Å². The van der Waals surface area contributed by atoms with Gasteiger partial charge in [0.15, 0.2) is 12.4 Å². The van der Waals surface area contributed by atoms with Crippen molar-refractivity contribution in [1.82, 2.24) is 0 Å². The largest absolute Gasteiger partial charge is 0.454 e. The summed E-state index contributed by atoms with van der Waals surface area (Å²) in [5, 5.41) is 0. The summed E-state index contributed by atoms with van der Waals surface area (Å²) < 4.78 is 5.63. The van der Waals surface area contributed by atoms with E-state index in [1.165, 1.54) is 23.5 Å². The number of ketones is 1. The van der Waals surface area contributed by atoms with Gasteiger partial charge in [-0.2, -0.15) is 0 Å². The van der Waals surface area contributed by atoms with Crippen molar-refractivity contribution in [2.45, 2.75) is 15.9 Å². The van der Waals surface area contributed by atoms with E-state index in [1.54, 1.807) is 36.0 Å². The van der Waals surface area contributed by atoms with Crippen LogP contribution in [0.25, 0.3) is 0 Å². The lowest BCUT2D eigenvalue weighted by Crippen LogP contribution is -2.14. The molecule has 0 aliphatic carbocycles. The SMILES string of the molecule is CSc1ccc(C(=O)COC(=O)c2ccc(C3SCCCS3)cc2)cc1. The van der Waals surface area contributed by atoms with Crippen LogP contribution in [0.3, 0.4) is 0 Å². The predicted molar refractivity (Wildman–Crippen MR) is 112 cm³/mol. The Hall–Kier alpha value is -1.37. The normalized spacial score (nSPS) is 14.8. The van der Waals surface area contributed by atoms with Crippen molar-refractivity contribution in [3.63, 3.8) is 0 Å². The molecule has 0 unspecified atom stereocenters. The van der Waals surface area contributed by atoms with Crippen LogP contribution in [0.1, 0.15) is 37.3 Å². The topological polar surface area (TPSA) is 43.4 Å². The lowest BCUT2D eigenvalue weighted by molar-refractivity contribution is 0.0474. The standard InChI is InChI=1S/C20H20O3S3/c1-24-17-9-7-14(8-10-17)18(21)13-23-19(22)15-3-5-16(6-4-15)20-25-11-2-12-26-20/h3-10,20H,2,11-13H2,1H3. The zero-order valence-electron chi connectivity index (χ0n) is 14.5. The van der Waals surface area contributed by atoms with Gasteiger partial charge in [-0.25, -0.2) is 4.79 Å². The molecule has 1 fully saturated rings. The van der Waals surface area contributed by atoms with Crippen LogP contribution in [0.15, 0.2) is 53.4 Å². The average molecular weight is 405 g/mol. The summed E-state index contributed by atoms with van der Waals surface area (Å²) in [4.78, 5) is 25.4. The Kier molecular flexibility index (Phi) is 7.11. The smallest absolute Gasteiger partial charge is 0.338 e. The fraction of sp³-hybridized carbons (Fsp3) is 0.300. The van der Waals surface area contributed by atoms with Crippen molar-refractivity contribution >= 4 is 47.0 Å². The molecule has 6 heteroatoms. The molecular formula is C20H20O3S3. The Morgan fingerprint density at radius 3 is 2.23 bits per heavy atom. The summed E-state index contributed by atoms with van der Waals surface area (Å²) >= 11 is 5.51. The van der Waals surface area contributed by atoms with Crippen LogP contribution in [0, 0.1) is 0 Å². The quantitative estimate of drug-likeness (QED) is 0.369. The van der Waals surface area contributed by atoms with Gasteiger partial charge < -0.3 is 4.74 Å². The number of thioether (sulfide) groups is 3. The molecule has 136 valence electrons.